The average Bonchev–Trinajstić information content (AvgIpc) is 2.51. The maximum atomic E-state index is 13.1. The molecule has 0 aliphatic carbocycles. The molecule has 0 radical (unpaired) electrons. The van der Waals surface area contributed by atoms with E-state index in [9.17, 15) is 26.3 Å². The largest absolute Gasteiger partial charge is 0.417 e. The van der Waals surface area contributed by atoms with Crippen LogP contribution in [0.1, 0.15) is 18.1 Å². The molecule has 1 atom stereocenters. The second kappa shape index (κ2) is 6.87. The van der Waals surface area contributed by atoms with Gasteiger partial charge in [-0.05, 0) is 31.2 Å². The number of anilines is 1. The number of aliphatic hydroxyl groups excluding tert-OH is 1. The Morgan fingerprint density at radius 3 is 2.16 bits per heavy atom. The molecule has 25 heavy (non-hydrogen) atoms. The Kier molecular flexibility index (Phi) is 5.21. The molecule has 0 aliphatic rings. The van der Waals surface area contributed by atoms with Crippen molar-refractivity contribution in [2.24, 2.45) is 0 Å². The van der Waals surface area contributed by atoms with Crippen molar-refractivity contribution < 1.29 is 31.4 Å². The molecule has 0 saturated carbocycles. The molecule has 2 N–H and O–H groups in total. The van der Waals surface area contributed by atoms with E-state index in [2.05, 4.69) is 15.5 Å². The Balaban J connectivity index is 2.41. The number of nitrogens with one attached hydrogen (secondary N) is 1. The molecule has 0 amide bonds. The molecule has 0 aliphatic heterocycles. The summed E-state index contributed by atoms with van der Waals surface area (Å²) in [6.45, 7) is 1.68. The highest BCUT2D eigenvalue weighted by molar-refractivity contribution is 5.65. The van der Waals surface area contributed by atoms with Crippen molar-refractivity contribution in [1.82, 2.24) is 10.2 Å². The number of rotatable bonds is 4. The van der Waals surface area contributed by atoms with Gasteiger partial charge >= 0.3 is 12.4 Å². The highest BCUT2D eigenvalue weighted by atomic mass is 19.4. The summed E-state index contributed by atoms with van der Waals surface area (Å²) >= 11 is 0. The third-order valence-corrected chi connectivity index (χ3v) is 3.17. The van der Waals surface area contributed by atoms with Gasteiger partial charge in [-0.25, -0.2) is 0 Å². The number of hydrogen-bond acceptors (Lipinski definition) is 4. The Hall–Kier alpha value is -2.36. The van der Waals surface area contributed by atoms with Gasteiger partial charge in [0, 0.05) is 12.1 Å². The number of alkyl halides is 6. The van der Waals surface area contributed by atoms with E-state index in [1.807, 2.05) is 0 Å². The molecule has 1 heterocycles. The lowest BCUT2D eigenvalue weighted by Gasteiger charge is -2.15. The number of aliphatic hydroxyl groups is 1. The lowest BCUT2D eigenvalue weighted by molar-refractivity contribution is -0.142. The van der Waals surface area contributed by atoms with E-state index in [1.165, 1.54) is 19.1 Å². The summed E-state index contributed by atoms with van der Waals surface area (Å²) in [6.07, 6.45) is -10.5. The first-order valence-electron chi connectivity index (χ1n) is 7.03. The Labute approximate surface area is 138 Å². The molecule has 0 saturated heterocycles. The van der Waals surface area contributed by atoms with Crippen LogP contribution in [0.5, 0.6) is 0 Å². The number of aromatic nitrogens is 2. The van der Waals surface area contributed by atoms with Gasteiger partial charge in [0.2, 0.25) is 0 Å². The quantitative estimate of drug-likeness (QED) is 0.805. The van der Waals surface area contributed by atoms with Crippen LogP contribution >= 0.6 is 0 Å². The van der Waals surface area contributed by atoms with E-state index in [4.69, 9.17) is 5.11 Å². The second-order valence-corrected chi connectivity index (χ2v) is 5.29. The zero-order valence-corrected chi connectivity index (χ0v) is 12.8. The Bertz CT molecular complexity index is 726. The highest BCUT2D eigenvalue weighted by Crippen LogP contribution is 2.40. The van der Waals surface area contributed by atoms with Crippen molar-refractivity contribution in [2.45, 2.75) is 25.4 Å². The lowest BCUT2D eigenvalue weighted by Crippen LogP contribution is -2.16. The average molecular weight is 365 g/mol. The van der Waals surface area contributed by atoms with E-state index in [1.54, 1.807) is 0 Å². The maximum absolute atomic E-state index is 13.1. The molecule has 1 aromatic heterocycles. The Morgan fingerprint density at radius 2 is 1.68 bits per heavy atom. The van der Waals surface area contributed by atoms with Crippen molar-refractivity contribution in [1.29, 1.82) is 0 Å². The van der Waals surface area contributed by atoms with Crippen molar-refractivity contribution in [3.05, 3.63) is 41.5 Å². The van der Waals surface area contributed by atoms with E-state index >= 15 is 0 Å². The van der Waals surface area contributed by atoms with Crippen molar-refractivity contribution in [3.8, 4) is 11.3 Å². The third kappa shape index (κ3) is 4.81. The lowest BCUT2D eigenvalue weighted by atomic mass is 10.0. The third-order valence-electron chi connectivity index (χ3n) is 3.17. The number of hydrogen-bond donors (Lipinski definition) is 2. The van der Waals surface area contributed by atoms with Gasteiger partial charge in [-0.2, -0.15) is 26.3 Å². The van der Waals surface area contributed by atoms with Crippen LogP contribution in [0.4, 0.5) is 32.2 Å². The molecule has 0 bridgehead atoms. The van der Waals surface area contributed by atoms with Gasteiger partial charge in [0.05, 0.1) is 22.9 Å². The summed E-state index contributed by atoms with van der Waals surface area (Å²) < 4.78 is 77.4. The monoisotopic (exact) mass is 365 g/mol. The van der Waals surface area contributed by atoms with Gasteiger partial charge in [-0.1, -0.05) is 6.07 Å². The van der Waals surface area contributed by atoms with Crippen LogP contribution in [0, 0.1) is 0 Å². The normalized spacial score (nSPS) is 13.6. The molecule has 1 unspecified atom stereocenters. The fourth-order valence-corrected chi connectivity index (χ4v) is 2.00. The number of halogens is 6. The maximum Gasteiger partial charge on any atom is 0.417 e. The van der Waals surface area contributed by atoms with Crippen molar-refractivity contribution >= 4 is 5.82 Å². The first kappa shape index (κ1) is 19.0. The fraction of sp³-hybridized carbons (Fsp3) is 0.333. The standard InChI is InChI=1S/C15H13F6N3O/c1-8(25)7-22-13-5-4-12(23-24-13)10-3-2-9(14(16,17)18)6-11(10)15(19,20)21/h2-6,8,25H,7H2,1H3,(H,22,24). The summed E-state index contributed by atoms with van der Waals surface area (Å²) in [7, 11) is 0. The van der Waals surface area contributed by atoms with Crippen molar-refractivity contribution in [3.63, 3.8) is 0 Å². The Morgan fingerprint density at radius 1 is 1.00 bits per heavy atom. The van der Waals surface area contributed by atoms with Gasteiger partial charge in [0.15, 0.2) is 0 Å². The first-order chi connectivity index (χ1) is 11.5. The molecule has 2 rings (SSSR count). The van der Waals surface area contributed by atoms with Crippen LogP contribution in [-0.4, -0.2) is 28.0 Å². The fourth-order valence-electron chi connectivity index (χ4n) is 2.00. The van der Waals surface area contributed by atoms with E-state index in [0.717, 1.165) is 6.07 Å². The molecular weight excluding hydrogens is 352 g/mol. The molecule has 136 valence electrons. The van der Waals surface area contributed by atoms with E-state index in [0.29, 0.717) is 6.07 Å². The smallest absolute Gasteiger partial charge is 0.392 e. The first-order valence-corrected chi connectivity index (χ1v) is 7.03. The molecule has 2 aromatic rings. The van der Waals surface area contributed by atoms with Crippen molar-refractivity contribution in [2.75, 3.05) is 11.9 Å². The molecule has 1 aromatic carbocycles. The number of nitrogens with zero attached hydrogens (tertiary/aromatic N) is 2. The van der Waals surface area contributed by atoms with Gasteiger partial charge in [0.1, 0.15) is 5.82 Å². The van der Waals surface area contributed by atoms with Crippen LogP contribution in [0.2, 0.25) is 0 Å². The van der Waals surface area contributed by atoms with Crippen LogP contribution < -0.4 is 5.32 Å². The van der Waals surface area contributed by atoms with E-state index < -0.39 is 35.1 Å². The van der Waals surface area contributed by atoms with E-state index in [-0.39, 0.29) is 24.1 Å². The van der Waals surface area contributed by atoms with Gasteiger partial charge in [0.25, 0.3) is 0 Å². The molecule has 4 nitrogen and oxygen atoms in total. The molecule has 0 fully saturated rings. The molecule has 0 spiro atoms. The minimum atomic E-state index is -4.98. The van der Waals surface area contributed by atoms with Crippen LogP contribution in [0.3, 0.4) is 0 Å². The van der Waals surface area contributed by atoms with Gasteiger partial charge < -0.3 is 10.4 Å². The van der Waals surface area contributed by atoms with Crippen LogP contribution in [0.15, 0.2) is 30.3 Å². The van der Waals surface area contributed by atoms with Gasteiger partial charge in [-0.3, -0.25) is 0 Å². The number of benzene rings is 1. The zero-order valence-electron chi connectivity index (χ0n) is 12.8. The topological polar surface area (TPSA) is 58.0 Å². The zero-order chi connectivity index (χ0) is 18.8. The highest BCUT2D eigenvalue weighted by Gasteiger charge is 2.38. The summed E-state index contributed by atoms with van der Waals surface area (Å²) in [5.74, 6) is 0.213. The molecular formula is C15H13F6N3O. The minimum absolute atomic E-state index is 0.0522. The summed E-state index contributed by atoms with van der Waals surface area (Å²) in [6, 6.07) is 3.86. The van der Waals surface area contributed by atoms with Crippen LogP contribution in [0.25, 0.3) is 11.3 Å². The minimum Gasteiger partial charge on any atom is -0.392 e. The molecule has 10 heteroatoms. The van der Waals surface area contributed by atoms with Crippen LogP contribution in [-0.2, 0) is 12.4 Å². The summed E-state index contributed by atoms with van der Waals surface area (Å²) in [5.41, 5.74) is -3.56. The predicted molar refractivity (Wildman–Crippen MR) is 77.6 cm³/mol. The summed E-state index contributed by atoms with van der Waals surface area (Å²) in [5, 5.41) is 19.1. The van der Waals surface area contributed by atoms with Gasteiger partial charge in [-0.15, -0.1) is 10.2 Å². The second-order valence-electron chi connectivity index (χ2n) is 5.29. The predicted octanol–water partition coefficient (Wildman–Crippen LogP) is 3.97. The SMILES string of the molecule is CC(O)CNc1ccc(-c2ccc(C(F)(F)F)cc2C(F)(F)F)nn1. The summed E-state index contributed by atoms with van der Waals surface area (Å²) in [4.78, 5) is 0.